The van der Waals surface area contributed by atoms with Crippen LogP contribution in [0.2, 0.25) is 0 Å². The van der Waals surface area contributed by atoms with Gasteiger partial charge >= 0.3 is 0 Å². The van der Waals surface area contributed by atoms with Crippen LogP contribution in [0.1, 0.15) is 24.5 Å². The van der Waals surface area contributed by atoms with E-state index >= 15 is 0 Å². The Morgan fingerprint density at radius 1 is 1.33 bits per heavy atom. The number of piperidine rings is 1. The van der Waals surface area contributed by atoms with E-state index in [4.69, 9.17) is 5.14 Å². The number of sulfonamides is 1. The Morgan fingerprint density at radius 3 is 2.52 bits per heavy atom. The number of aliphatic hydroxyl groups excluding tert-OH is 1. The molecule has 1 aliphatic rings. The van der Waals surface area contributed by atoms with Gasteiger partial charge in [-0.15, -0.1) is 0 Å². The van der Waals surface area contributed by atoms with Crippen molar-refractivity contribution in [3.05, 3.63) is 35.6 Å². The molecular formula is C14H21FN2O3S. The van der Waals surface area contributed by atoms with Crippen LogP contribution < -0.4 is 5.14 Å². The van der Waals surface area contributed by atoms with Crippen molar-refractivity contribution in [1.82, 2.24) is 4.90 Å². The molecule has 1 heterocycles. The number of primary sulfonamides is 1. The van der Waals surface area contributed by atoms with Crippen molar-refractivity contribution in [2.45, 2.75) is 18.9 Å². The number of nitrogens with two attached hydrogens (primary N) is 1. The van der Waals surface area contributed by atoms with Crippen molar-refractivity contribution in [2.75, 3.05) is 25.4 Å². The minimum absolute atomic E-state index is 0.0106. The Kier molecular flexibility index (Phi) is 5.32. The number of likely N-dealkylation sites (tertiary alicyclic amines) is 1. The largest absolute Gasteiger partial charge is 0.387 e. The van der Waals surface area contributed by atoms with Gasteiger partial charge in [-0.05, 0) is 37.9 Å². The van der Waals surface area contributed by atoms with Crippen molar-refractivity contribution < 1.29 is 17.9 Å². The number of hydrogen-bond acceptors (Lipinski definition) is 4. The second-order valence-electron chi connectivity index (χ2n) is 5.61. The zero-order valence-electron chi connectivity index (χ0n) is 11.8. The third-order valence-electron chi connectivity index (χ3n) is 3.87. The fourth-order valence-electron chi connectivity index (χ4n) is 2.75. The van der Waals surface area contributed by atoms with E-state index in [-0.39, 0.29) is 11.7 Å². The Morgan fingerprint density at radius 2 is 1.95 bits per heavy atom. The Balaban J connectivity index is 1.85. The zero-order chi connectivity index (χ0) is 15.5. The monoisotopic (exact) mass is 316 g/mol. The van der Waals surface area contributed by atoms with Crippen molar-refractivity contribution >= 4 is 10.0 Å². The summed E-state index contributed by atoms with van der Waals surface area (Å²) in [7, 11) is -3.43. The second-order valence-corrected chi connectivity index (χ2v) is 7.27. The van der Waals surface area contributed by atoms with Gasteiger partial charge in [-0.25, -0.2) is 17.9 Å². The second kappa shape index (κ2) is 6.83. The lowest BCUT2D eigenvalue weighted by atomic mass is 9.98. The molecule has 0 amide bonds. The molecule has 7 heteroatoms. The van der Waals surface area contributed by atoms with Gasteiger partial charge < -0.3 is 10.0 Å². The summed E-state index contributed by atoms with van der Waals surface area (Å²) in [5.41, 5.74) is 0.296. The molecule has 1 atom stereocenters. The molecule has 2 rings (SSSR count). The van der Waals surface area contributed by atoms with Crippen molar-refractivity contribution in [1.29, 1.82) is 0 Å². The first-order chi connectivity index (χ1) is 9.85. The quantitative estimate of drug-likeness (QED) is 0.844. The number of β-amino-alcohol motifs (C(OH)–C–C–N with tert-alkyl or cyclic N) is 1. The highest BCUT2D eigenvalue weighted by Crippen LogP contribution is 2.22. The molecule has 0 saturated carbocycles. The highest BCUT2D eigenvalue weighted by molar-refractivity contribution is 7.89. The summed E-state index contributed by atoms with van der Waals surface area (Å²) in [5, 5.41) is 15.2. The van der Waals surface area contributed by atoms with Crippen LogP contribution >= 0.6 is 0 Å². The van der Waals surface area contributed by atoms with Gasteiger partial charge in [0.15, 0.2) is 0 Å². The molecule has 118 valence electrons. The molecule has 0 spiro atoms. The van der Waals surface area contributed by atoms with Crippen LogP contribution in [0, 0.1) is 11.7 Å². The van der Waals surface area contributed by atoms with Gasteiger partial charge in [0.05, 0.1) is 11.9 Å². The van der Waals surface area contributed by atoms with E-state index in [2.05, 4.69) is 0 Å². The zero-order valence-corrected chi connectivity index (χ0v) is 12.6. The lowest BCUT2D eigenvalue weighted by Crippen LogP contribution is -2.39. The predicted octanol–water partition coefficient (Wildman–Crippen LogP) is 0.860. The fraction of sp³-hybridized carbons (Fsp3) is 0.571. The third kappa shape index (κ3) is 5.03. The van der Waals surface area contributed by atoms with Gasteiger partial charge in [-0.1, -0.05) is 18.2 Å². The Hall–Kier alpha value is -1.02. The summed E-state index contributed by atoms with van der Waals surface area (Å²) in [5.74, 6) is -0.326. The Bertz CT molecular complexity index is 571. The summed E-state index contributed by atoms with van der Waals surface area (Å²) in [6.07, 6.45) is 0.571. The van der Waals surface area contributed by atoms with E-state index < -0.39 is 21.9 Å². The average Bonchev–Trinajstić information content (AvgIpc) is 2.40. The molecule has 0 bridgehead atoms. The molecule has 0 unspecified atom stereocenters. The Labute approximate surface area is 124 Å². The predicted molar refractivity (Wildman–Crippen MR) is 78.5 cm³/mol. The molecule has 3 N–H and O–H groups in total. The minimum atomic E-state index is -3.43. The standard InChI is InChI=1S/C14H21FN2O3S/c15-13-4-2-1-3-12(13)14(18)9-17-7-5-11(6-8-17)10-21(16,19)20/h1-4,11,14,18H,5-10H2,(H2,16,19,20)/t14-/m1/s1. The van der Waals surface area contributed by atoms with E-state index in [0.717, 1.165) is 12.8 Å². The van der Waals surface area contributed by atoms with Gasteiger partial charge in [0, 0.05) is 12.1 Å². The first-order valence-corrected chi connectivity index (χ1v) is 8.72. The van der Waals surface area contributed by atoms with Gasteiger partial charge in [-0.3, -0.25) is 0 Å². The number of rotatable bonds is 5. The molecule has 1 aromatic rings. The SMILES string of the molecule is NS(=O)(=O)CC1CCN(C[C@@H](O)c2ccccc2F)CC1. The summed E-state index contributed by atoms with van der Waals surface area (Å²) in [6.45, 7) is 1.72. The lowest BCUT2D eigenvalue weighted by Gasteiger charge is -2.32. The van der Waals surface area contributed by atoms with Crippen molar-refractivity contribution in [2.24, 2.45) is 11.1 Å². The fourth-order valence-corrected chi connectivity index (χ4v) is 3.74. The highest BCUT2D eigenvalue weighted by atomic mass is 32.2. The first kappa shape index (κ1) is 16.4. The number of benzene rings is 1. The van der Waals surface area contributed by atoms with E-state index in [9.17, 15) is 17.9 Å². The van der Waals surface area contributed by atoms with Gasteiger partial charge in [0.25, 0.3) is 0 Å². The molecule has 1 fully saturated rings. The molecule has 0 aliphatic carbocycles. The van der Waals surface area contributed by atoms with E-state index in [1.165, 1.54) is 6.07 Å². The van der Waals surface area contributed by atoms with Crippen LogP contribution in [-0.2, 0) is 10.0 Å². The van der Waals surface area contributed by atoms with Crippen LogP contribution in [0.5, 0.6) is 0 Å². The maximum Gasteiger partial charge on any atom is 0.209 e. The molecule has 1 aromatic carbocycles. The molecule has 21 heavy (non-hydrogen) atoms. The van der Waals surface area contributed by atoms with E-state index in [0.29, 0.717) is 25.2 Å². The highest BCUT2D eigenvalue weighted by Gasteiger charge is 2.24. The molecular weight excluding hydrogens is 295 g/mol. The average molecular weight is 316 g/mol. The van der Waals surface area contributed by atoms with E-state index in [1.54, 1.807) is 18.2 Å². The van der Waals surface area contributed by atoms with Crippen molar-refractivity contribution in [3.8, 4) is 0 Å². The summed E-state index contributed by atoms with van der Waals surface area (Å²) in [6, 6.07) is 6.19. The molecule has 5 nitrogen and oxygen atoms in total. The summed E-state index contributed by atoms with van der Waals surface area (Å²) in [4.78, 5) is 2.02. The van der Waals surface area contributed by atoms with Crippen LogP contribution in [0.4, 0.5) is 4.39 Å². The number of aliphatic hydroxyl groups is 1. The molecule has 1 saturated heterocycles. The number of nitrogens with zero attached hydrogens (tertiary/aromatic N) is 1. The normalized spacial score (nSPS) is 19.6. The molecule has 1 aliphatic heterocycles. The maximum atomic E-state index is 13.6. The molecule has 0 aromatic heterocycles. The number of halogens is 1. The van der Waals surface area contributed by atoms with Crippen LogP contribution in [0.3, 0.4) is 0 Å². The van der Waals surface area contributed by atoms with Gasteiger partial charge in [0.1, 0.15) is 5.82 Å². The van der Waals surface area contributed by atoms with Gasteiger partial charge in [0.2, 0.25) is 10.0 Å². The first-order valence-electron chi connectivity index (χ1n) is 7.00. The summed E-state index contributed by atoms with van der Waals surface area (Å²) < 4.78 is 35.7. The summed E-state index contributed by atoms with van der Waals surface area (Å²) >= 11 is 0. The van der Waals surface area contributed by atoms with Crippen molar-refractivity contribution in [3.63, 3.8) is 0 Å². The van der Waals surface area contributed by atoms with E-state index in [1.807, 2.05) is 4.90 Å². The number of hydrogen-bond donors (Lipinski definition) is 2. The minimum Gasteiger partial charge on any atom is -0.387 e. The maximum absolute atomic E-state index is 13.6. The lowest BCUT2D eigenvalue weighted by molar-refractivity contribution is 0.0896. The topological polar surface area (TPSA) is 83.6 Å². The van der Waals surface area contributed by atoms with Crippen LogP contribution in [0.15, 0.2) is 24.3 Å². The smallest absolute Gasteiger partial charge is 0.209 e. The third-order valence-corrected chi connectivity index (χ3v) is 4.81. The van der Waals surface area contributed by atoms with Gasteiger partial charge in [-0.2, -0.15) is 0 Å². The van der Waals surface area contributed by atoms with Crippen LogP contribution in [0.25, 0.3) is 0 Å². The van der Waals surface area contributed by atoms with Crippen LogP contribution in [-0.4, -0.2) is 43.8 Å². The molecule has 0 radical (unpaired) electrons.